The molecule has 138 valence electrons. The Balaban J connectivity index is 1.37. The summed E-state index contributed by atoms with van der Waals surface area (Å²) in [6, 6.07) is 0. The van der Waals surface area contributed by atoms with Crippen LogP contribution in [0.15, 0.2) is 0 Å². The highest BCUT2D eigenvalue weighted by Gasteiger charge is 2.36. The van der Waals surface area contributed by atoms with Gasteiger partial charge in [-0.25, -0.2) is 0 Å². The van der Waals surface area contributed by atoms with E-state index in [4.69, 9.17) is 0 Å². The van der Waals surface area contributed by atoms with Crippen LogP contribution >= 0.6 is 0 Å². The Morgan fingerprint density at radius 2 is 0.917 bits per heavy atom. The molecule has 2 aliphatic carbocycles. The van der Waals surface area contributed by atoms with Crippen LogP contribution in [0.2, 0.25) is 0 Å². The number of rotatable bonds is 15. The summed E-state index contributed by atoms with van der Waals surface area (Å²) in [6.07, 6.45) is 15.4. The van der Waals surface area contributed by atoms with Crippen LogP contribution in [0.3, 0.4) is 0 Å². The van der Waals surface area contributed by atoms with Gasteiger partial charge in [-0.1, -0.05) is 51.4 Å². The predicted octanol–water partition coefficient (Wildman–Crippen LogP) is 5.11. The third-order valence-electron chi connectivity index (χ3n) is 5.80. The second kappa shape index (κ2) is 10.0. The molecule has 0 aliphatic heterocycles. The molecule has 2 atom stereocenters. The van der Waals surface area contributed by atoms with Crippen molar-refractivity contribution in [2.75, 3.05) is 0 Å². The topological polar surface area (TPSA) is 74.6 Å². The molecule has 0 amide bonds. The Kier molecular flexibility index (Phi) is 8.07. The molecule has 2 N–H and O–H groups in total. The minimum atomic E-state index is -0.594. The average Bonchev–Trinajstić information content (AvgIpc) is 3.40. The first-order valence-electron chi connectivity index (χ1n) is 10.0. The van der Waals surface area contributed by atoms with Crippen LogP contribution in [0.25, 0.3) is 0 Å². The van der Waals surface area contributed by atoms with Gasteiger partial charge >= 0.3 is 11.9 Å². The lowest BCUT2D eigenvalue weighted by Gasteiger charge is -2.11. The largest absolute Gasteiger partial charge is 0.481 e. The Morgan fingerprint density at radius 1 is 0.625 bits per heavy atom. The molecule has 4 heteroatoms. The number of carbonyl (C=O) groups is 2. The zero-order valence-corrected chi connectivity index (χ0v) is 14.9. The van der Waals surface area contributed by atoms with Gasteiger partial charge in [0, 0.05) is 0 Å². The molecule has 0 bridgehead atoms. The van der Waals surface area contributed by atoms with Crippen molar-refractivity contribution in [2.45, 2.75) is 89.9 Å². The van der Waals surface area contributed by atoms with Crippen molar-refractivity contribution in [3.05, 3.63) is 0 Å². The van der Waals surface area contributed by atoms with E-state index in [1.165, 1.54) is 25.7 Å². The standard InChI is InChI=1S/C20H34O4/c21-19(22)17(15-11-12-15)9-7-5-3-1-2-4-6-8-10-18(20(23)24)16-13-14-16/h15-18H,1-14H2,(H,21,22)(H,23,24). The number of hydrogen-bond donors (Lipinski definition) is 2. The maximum Gasteiger partial charge on any atom is 0.306 e. The highest BCUT2D eigenvalue weighted by atomic mass is 16.4. The fraction of sp³-hybridized carbons (Fsp3) is 0.900. The lowest BCUT2D eigenvalue weighted by Crippen LogP contribution is -2.15. The van der Waals surface area contributed by atoms with Gasteiger partial charge in [0.1, 0.15) is 0 Å². The summed E-state index contributed by atoms with van der Waals surface area (Å²) >= 11 is 0. The molecule has 0 aromatic rings. The molecule has 0 heterocycles. The second-order valence-corrected chi connectivity index (χ2v) is 7.97. The quantitative estimate of drug-likeness (QED) is 0.407. The third kappa shape index (κ3) is 7.23. The molecule has 0 saturated heterocycles. The molecule has 0 aromatic heterocycles. The first kappa shape index (κ1) is 19.3. The van der Waals surface area contributed by atoms with Crippen LogP contribution in [-0.2, 0) is 9.59 Å². The highest BCUT2D eigenvalue weighted by molar-refractivity contribution is 5.71. The Labute approximate surface area is 146 Å². The van der Waals surface area contributed by atoms with E-state index < -0.39 is 11.9 Å². The lowest BCUT2D eigenvalue weighted by atomic mass is 9.95. The maximum atomic E-state index is 11.1. The van der Waals surface area contributed by atoms with Gasteiger partial charge in [0.15, 0.2) is 0 Å². The Hall–Kier alpha value is -1.06. The summed E-state index contributed by atoms with van der Waals surface area (Å²) in [5, 5.41) is 18.4. The molecule has 2 saturated carbocycles. The summed E-state index contributed by atoms with van der Waals surface area (Å²) in [5.74, 6) is -0.426. The van der Waals surface area contributed by atoms with Crippen LogP contribution in [0.1, 0.15) is 89.9 Å². The van der Waals surface area contributed by atoms with E-state index in [0.29, 0.717) is 11.8 Å². The molecule has 0 aromatic carbocycles. The van der Waals surface area contributed by atoms with Gasteiger partial charge in [0.25, 0.3) is 0 Å². The third-order valence-corrected chi connectivity index (χ3v) is 5.80. The van der Waals surface area contributed by atoms with Crippen molar-refractivity contribution in [1.82, 2.24) is 0 Å². The van der Waals surface area contributed by atoms with Crippen LogP contribution in [0.5, 0.6) is 0 Å². The van der Waals surface area contributed by atoms with Crippen LogP contribution in [0, 0.1) is 23.7 Å². The smallest absolute Gasteiger partial charge is 0.306 e. The van der Waals surface area contributed by atoms with Gasteiger partial charge in [0.05, 0.1) is 11.8 Å². The Morgan fingerprint density at radius 3 is 1.17 bits per heavy atom. The first-order valence-corrected chi connectivity index (χ1v) is 10.0. The predicted molar refractivity (Wildman–Crippen MR) is 93.9 cm³/mol. The second-order valence-electron chi connectivity index (χ2n) is 7.97. The van der Waals surface area contributed by atoms with Crippen molar-refractivity contribution >= 4 is 11.9 Å². The number of aliphatic carboxylic acids is 2. The van der Waals surface area contributed by atoms with Gasteiger partial charge in [0.2, 0.25) is 0 Å². The van der Waals surface area contributed by atoms with Crippen molar-refractivity contribution in [2.24, 2.45) is 23.7 Å². The van der Waals surface area contributed by atoms with Gasteiger partial charge < -0.3 is 10.2 Å². The molecule has 24 heavy (non-hydrogen) atoms. The zero-order chi connectivity index (χ0) is 17.4. The van der Waals surface area contributed by atoms with E-state index in [1.807, 2.05) is 0 Å². The van der Waals surface area contributed by atoms with E-state index in [9.17, 15) is 19.8 Å². The molecule has 0 spiro atoms. The van der Waals surface area contributed by atoms with Crippen LogP contribution in [0.4, 0.5) is 0 Å². The van der Waals surface area contributed by atoms with E-state index in [-0.39, 0.29) is 11.8 Å². The molecule has 4 nitrogen and oxygen atoms in total. The minimum absolute atomic E-state index is 0.0846. The minimum Gasteiger partial charge on any atom is -0.481 e. The monoisotopic (exact) mass is 338 g/mol. The average molecular weight is 338 g/mol. The van der Waals surface area contributed by atoms with E-state index in [1.54, 1.807) is 0 Å². The summed E-state index contributed by atoms with van der Waals surface area (Å²) in [5.41, 5.74) is 0. The number of unbranched alkanes of at least 4 members (excludes halogenated alkanes) is 7. The Bertz CT molecular complexity index is 360. The molecule has 2 unspecified atom stereocenters. The number of carboxylic acid groups (broad SMARTS) is 2. The van der Waals surface area contributed by atoms with E-state index in [2.05, 4.69) is 0 Å². The van der Waals surface area contributed by atoms with E-state index in [0.717, 1.165) is 64.2 Å². The van der Waals surface area contributed by atoms with Crippen molar-refractivity contribution < 1.29 is 19.8 Å². The zero-order valence-electron chi connectivity index (χ0n) is 14.9. The fourth-order valence-electron chi connectivity index (χ4n) is 3.91. The van der Waals surface area contributed by atoms with Crippen LogP contribution in [-0.4, -0.2) is 22.2 Å². The van der Waals surface area contributed by atoms with Crippen molar-refractivity contribution in [1.29, 1.82) is 0 Å². The maximum absolute atomic E-state index is 11.1. The molecule has 2 aliphatic rings. The van der Waals surface area contributed by atoms with Crippen LogP contribution < -0.4 is 0 Å². The summed E-state index contributed by atoms with van der Waals surface area (Å²) in [7, 11) is 0. The van der Waals surface area contributed by atoms with Gasteiger partial charge in [-0.3, -0.25) is 9.59 Å². The molecular formula is C20H34O4. The molecule has 0 radical (unpaired) electrons. The van der Waals surface area contributed by atoms with Gasteiger partial charge in [-0.05, 0) is 50.4 Å². The SMILES string of the molecule is O=C(O)C(CCCCCCCCCCC(C(=O)O)C1CC1)C1CC1. The fourth-order valence-corrected chi connectivity index (χ4v) is 3.91. The summed E-state index contributed by atoms with van der Waals surface area (Å²) < 4.78 is 0. The van der Waals surface area contributed by atoms with E-state index >= 15 is 0 Å². The summed E-state index contributed by atoms with van der Waals surface area (Å²) in [6.45, 7) is 0. The number of hydrogen-bond acceptors (Lipinski definition) is 2. The molecular weight excluding hydrogens is 304 g/mol. The van der Waals surface area contributed by atoms with Crippen molar-refractivity contribution in [3.8, 4) is 0 Å². The summed E-state index contributed by atoms with van der Waals surface area (Å²) in [4.78, 5) is 22.3. The van der Waals surface area contributed by atoms with Gasteiger partial charge in [-0.15, -0.1) is 0 Å². The number of carboxylic acids is 2. The lowest BCUT2D eigenvalue weighted by molar-refractivity contribution is -0.143. The first-order chi connectivity index (χ1) is 11.6. The van der Waals surface area contributed by atoms with Gasteiger partial charge in [-0.2, -0.15) is 0 Å². The normalized spacial score (nSPS) is 19.8. The highest BCUT2D eigenvalue weighted by Crippen LogP contribution is 2.40. The molecule has 2 rings (SSSR count). The van der Waals surface area contributed by atoms with Crippen molar-refractivity contribution in [3.63, 3.8) is 0 Å². The molecule has 2 fully saturated rings.